The van der Waals surface area contributed by atoms with Crippen molar-refractivity contribution in [2.24, 2.45) is 0 Å². The van der Waals surface area contributed by atoms with Crippen LogP contribution >= 0.6 is 11.2 Å². The summed E-state index contributed by atoms with van der Waals surface area (Å²) in [6, 6.07) is 20.0. The van der Waals surface area contributed by atoms with E-state index in [1.54, 1.807) is 53.2 Å². The monoisotopic (exact) mass is 577 g/mol. The van der Waals surface area contributed by atoms with Gasteiger partial charge in [-0.15, -0.1) is 8.66 Å². The molecule has 41 heavy (non-hydrogen) atoms. The Bertz CT molecular complexity index is 1710. The van der Waals surface area contributed by atoms with E-state index in [1.165, 1.54) is 0 Å². The van der Waals surface area contributed by atoms with Crippen LogP contribution in [-0.2, 0) is 16.8 Å². The molecule has 4 aromatic rings. The maximum atomic E-state index is 16.7. The van der Waals surface area contributed by atoms with Crippen LogP contribution in [-0.4, -0.2) is 41.2 Å². The number of halogens is 2. The average Bonchev–Trinajstić information content (AvgIpc) is 3.54. The second kappa shape index (κ2) is 9.93. The summed E-state index contributed by atoms with van der Waals surface area (Å²) in [5.41, 5.74) is 4.44. The zero-order valence-corrected chi connectivity index (χ0v) is 23.7. The lowest BCUT2D eigenvalue weighted by Gasteiger charge is -2.32. The SMILES string of the molecule is CC(C)(C)c1cn(C2=[N+]3C(=C(c4ccc(NC(=O)CO)cc4)c4ccc(NCc5ccccc5)n4S3(F)F)C=C2)[nH]1. The van der Waals surface area contributed by atoms with Crippen LogP contribution in [0.3, 0.4) is 0 Å². The summed E-state index contributed by atoms with van der Waals surface area (Å²) < 4.78 is 37.3. The number of aromatic nitrogens is 3. The molecule has 0 saturated heterocycles. The maximum absolute atomic E-state index is 16.7. The zero-order chi connectivity index (χ0) is 28.9. The van der Waals surface area contributed by atoms with Crippen LogP contribution in [0.2, 0.25) is 0 Å². The minimum atomic E-state index is -4.57. The molecule has 0 aliphatic carbocycles. The van der Waals surface area contributed by atoms with Crippen LogP contribution in [0, 0.1) is 0 Å². The average molecular weight is 578 g/mol. The van der Waals surface area contributed by atoms with Crippen molar-refractivity contribution < 1.29 is 21.7 Å². The number of aliphatic hydroxyl groups excluding tert-OH is 1. The Labute approximate surface area is 238 Å². The van der Waals surface area contributed by atoms with Crippen LogP contribution in [0.15, 0.2) is 90.8 Å². The number of aromatic amines is 1. The van der Waals surface area contributed by atoms with Crippen molar-refractivity contribution in [1.29, 1.82) is 0 Å². The molecule has 212 valence electrons. The molecule has 2 aliphatic heterocycles. The third kappa shape index (κ3) is 4.70. The van der Waals surface area contributed by atoms with Crippen molar-refractivity contribution in [2.75, 3.05) is 17.2 Å². The van der Waals surface area contributed by atoms with Crippen molar-refractivity contribution in [2.45, 2.75) is 32.7 Å². The molecule has 11 heteroatoms. The van der Waals surface area contributed by atoms with Gasteiger partial charge in [0.1, 0.15) is 18.6 Å². The van der Waals surface area contributed by atoms with Crippen molar-refractivity contribution in [3.8, 4) is 0 Å². The smallest absolute Gasteiger partial charge is 0.321 e. The molecule has 2 aromatic heterocycles. The number of nitrogens with zero attached hydrogens (tertiary/aromatic N) is 3. The number of hydrogen-bond acceptors (Lipinski definition) is 3. The number of H-pyrrole nitrogens is 1. The minimum absolute atomic E-state index is 0.143. The van der Waals surface area contributed by atoms with Crippen molar-refractivity contribution in [3.63, 3.8) is 0 Å². The van der Waals surface area contributed by atoms with E-state index in [9.17, 15) is 4.79 Å². The highest BCUT2D eigenvalue weighted by atomic mass is 32.3. The Morgan fingerprint density at radius 2 is 1.73 bits per heavy atom. The zero-order valence-electron chi connectivity index (χ0n) is 22.9. The van der Waals surface area contributed by atoms with Gasteiger partial charge in [0.25, 0.3) is 0 Å². The fraction of sp³-hybridized carbons (Fsp3) is 0.200. The van der Waals surface area contributed by atoms with E-state index in [1.807, 2.05) is 36.5 Å². The predicted molar refractivity (Wildman–Crippen MR) is 159 cm³/mol. The lowest BCUT2D eigenvalue weighted by Crippen LogP contribution is -2.33. The first-order valence-electron chi connectivity index (χ1n) is 13.2. The molecule has 0 saturated carbocycles. The second-order valence-electron chi connectivity index (χ2n) is 11.0. The molecule has 2 aliphatic rings. The molecule has 6 rings (SSSR count). The van der Waals surface area contributed by atoms with Crippen molar-refractivity contribution in [1.82, 2.24) is 13.8 Å². The standard InChI is InChI=1S/C30H30F2N6O2S/c1-30(2,3)25-18-36(35-25)28-16-14-24-29(21-9-11-22(12-10-21)34-27(40)19-39)23-13-15-26(37(23)41(31,32)38(24)28)33-17-20-7-5-4-6-8-20/h4-16,18,35,39H,17,19H2,1-3H3,(H,33,34,40)/p+1. The van der Waals surface area contributed by atoms with Gasteiger partial charge in [-0.2, -0.15) is 0 Å². The van der Waals surface area contributed by atoms with Crippen LogP contribution in [0.5, 0.6) is 0 Å². The fourth-order valence-electron chi connectivity index (χ4n) is 4.94. The molecule has 0 atom stereocenters. The molecule has 0 bridgehead atoms. The normalized spacial score (nSPS) is 16.5. The maximum Gasteiger partial charge on any atom is 0.321 e. The topological polar surface area (TPSA) is 90.0 Å². The summed E-state index contributed by atoms with van der Waals surface area (Å²) in [5.74, 6) is 0.129. The van der Waals surface area contributed by atoms with Gasteiger partial charge in [-0.25, -0.2) is 9.07 Å². The molecule has 4 heterocycles. The molecule has 0 fully saturated rings. The number of carbonyl (C=O) groups is 1. The van der Waals surface area contributed by atoms with E-state index in [2.05, 4.69) is 36.5 Å². The number of fused-ring (bicyclic) bond motifs is 2. The van der Waals surface area contributed by atoms with E-state index in [4.69, 9.17) is 5.11 Å². The summed E-state index contributed by atoms with van der Waals surface area (Å²) >= 11 is -4.57. The van der Waals surface area contributed by atoms with Gasteiger partial charge in [0.05, 0.1) is 17.0 Å². The lowest BCUT2D eigenvalue weighted by atomic mass is 9.92. The minimum Gasteiger partial charge on any atom is -0.387 e. The molecule has 4 N–H and O–H groups in total. The van der Waals surface area contributed by atoms with Crippen LogP contribution in [0.1, 0.15) is 43.3 Å². The molecule has 1 amide bonds. The lowest BCUT2D eigenvalue weighted by molar-refractivity contribution is -0.305. The number of nitrogens with one attached hydrogen (secondary N) is 3. The summed E-state index contributed by atoms with van der Waals surface area (Å²) in [5, 5.41) is 18.1. The van der Waals surface area contributed by atoms with Crippen molar-refractivity contribution in [3.05, 3.63) is 113 Å². The number of rotatable bonds is 6. The highest BCUT2D eigenvalue weighted by Gasteiger charge is 2.50. The van der Waals surface area contributed by atoms with Gasteiger partial charge in [0.15, 0.2) is 5.70 Å². The van der Waals surface area contributed by atoms with Crippen LogP contribution < -0.4 is 10.6 Å². The van der Waals surface area contributed by atoms with E-state index in [0.29, 0.717) is 46.4 Å². The molecule has 2 aromatic carbocycles. The number of hydrogen-bond donors (Lipinski definition) is 4. The largest absolute Gasteiger partial charge is 0.387 e. The fourth-order valence-corrected chi connectivity index (χ4v) is 6.61. The summed E-state index contributed by atoms with van der Waals surface area (Å²) in [6.07, 6.45) is 5.29. The van der Waals surface area contributed by atoms with Gasteiger partial charge >= 0.3 is 17.0 Å². The number of allylic oxidation sites excluding steroid dienone is 2. The summed E-state index contributed by atoms with van der Waals surface area (Å²) in [4.78, 5) is 11.6. The van der Waals surface area contributed by atoms with E-state index in [0.717, 1.165) is 19.2 Å². The van der Waals surface area contributed by atoms with Crippen LogP contribution in [0.4, 0.5) is 19.3 Å². The van der Waals surface area contributed by atoms with Crippen LogP contribution in [0.25, 0.3) is 5.57 Å². The van der Waals surface area contributed by atoms with Crippen molar-refractivity contribution >= 4 is 40.0 Å². The van der Waals surface area contributed by atoms with E-state index in [-0.39, 0.29) is 5.41 Å². The third-order valence-electron chi connectivity index (χ3n) is 7.08. The van der Waals surface area contributed by atoms with Gasteiger partial charge in [-0.3, -0.25) is 4.79 Å². The molecule has 8 nitrogen and oxygen atoms in total. The summed E-state index contributed by atoms with van der Waals surface area (Å²) in [7, 11) is 0. The number of amides is 1. The van der Waals surface area contributed by atoms with Gasteiger partial charge in [0.2, 0.25) is 5.91 Å². The van der Waals surface area contributed by atoms with E-state index < -0.39 is 23.7 Å². The summed E-state index contributed by atoms with van der Waals surface area (Å²) in [6.45, 7) is 5.95. The Kier molecular flexibility index (Phi) is 6.50. The highest BCUT2D eigenvalue weighted by molar-refractivity contribution is 8.19. The molecule has 0 unspecified atom stereocenters. The molecule has 0 spiro atoms. The Morgan fingerprint density at radius 3 is 2.39 bits per heavy atom. The molecular formula is C30H31F2N6O2S+. The second-order valence-corrected chi connectivity index (χ2v) is 12.5. The Balaban J connectivity index is 1.48. The number of benzene rings is 2. The number of anilines is 2. The van der Waals surface area contributed by atoms with Gasteiger partial charge in [0, 0.05) is 23.7 Å². The first-order valence-corrected chi connectivity index (χ1v) is 14.5. The van der Waals surface area contributed by atoms with Gasteiger partial charge in [-0.1, -0.05) is 71.0 Å². The van der Waals surface area contributed by atoms with Gasteiger partial charge in [-0.05, 0) is 41.5 Å². The molecular weight excluding hydrogens is 546 g/mol. The molecule has 0 radical (unpaired) electrons. The van der Waals surface area contributed by atoms with Gasteiger partial charge < -0.3 is 15.7 Å². The Hall–Kier alpha value is -4.35. The first kappa shape index (κ1) is 26.9. The van der Waals surface area contributed by atoms with E-state index >= 15 is 7.77 Å². The number of aliphatic hydroxyl groups is 1. The number of carbonyl (C=O) groups excluding carboxylic acids is 1. The first-order chi connectivity index (χ1) is 19.6. The quantitative estimate of drug-likeness (QED) is 0.212. The third-order valence-corrected chi connectivity index (χ3v) is 8.73. The Morgan fingerprint density at radius 1 is 1.02 bits per heavy atom. The highest BCUT2D eigenvalue weighted by Crippen LogP contribution is 2.63. The predicted octanol–water partition coefficient (Wildman–Crippen LogP) is 6.01.